The van der Waals surface area contributed by atoms with Crippen molar-refractivity contribution in [2.24, 2.45) is 0 Å². The highest BCUT2D eigenvalue weighted by atomic mass is 32.2. The van der Waals surface area contributed by atoms with Crippen LogP contribution < -0.4 is 9.62 Å². The molecule has 1 amide bonds. The fourth-order valence-corrected chi connectivity index (χ4v) is 6.31. The molecule has 3 aromatic rings. The van der Waals surface area contributed by atoms with Gasteiger partial charge in [0.25, 0.3) is 10.0 Å². The van der Waals surface area contributed by atoms with E-state index in [9.17, 15) is 13.2 Å². The van der Waals surface area contributed by atoms with E-state index in [4.69, 9.17) is 0 Å². The number of sulfonamides is 1. The van der Waals surface area contributed by atoms with Gasteiger partial charge in [-0.25, -0.2) is 8.42 Å². The number of fused-ring (bicyclic) bond motifs is 1. The predicted molar refractivity (Wildman–Crippen MR) is 141 cm³/mol. The van der Waals surface area contributed by atoms with E-state index in [-0.39, 0.29) is 23.4 Å². The van der Waals surface area contributed by atoms with Gasteiger partial charge in [-0.3, -0.25) is 9.10 Å². The van der Waals surface area contributed by atoms with Crippen LogP contribution in [0.15, 0.2) is 77.7 Å². The molecule has 1 aliphatic rings. The van der Waals surface area contributed by atoms with Crippen LogP contribution in [0.25, 0.3) is 0 Å². The number of nitrogens with zero attached hydrogens (tertiary/aromatic N) is 1. The summed E-state index contributed by atoms with van der Waals surface area (Å²) in [5.41, 5.74) is 5.26. The molecular formula is C29H34N2O3S. The third-order valence-electron chi connectivity index (χ3n) is 6.78. The van der Waals surface area contributed by atoms with Gasteiger partial charge < -0.3 is 5.32 Å². The maximum absolute atomic E-state index is 13.7. The Balaban J connectivity index is 1.62. The zero-order valence-electron chi connectivity index (χ0n) is 20.5. The molecule has 1 unspecified atom stereocenters. The largest absolute Gasteiger partial charge is 0.348 e. The molecule has 0 saturated heterocycles. The number of amides is 1. The number of para-hydroxylation sites is 1. The minimum atomic E-state index is -3.93. The third-order valence-corrected chi connectivity index (χ3v) is 8.55. The van der Waals surface area contributed by atoms with Gasteiger partial charge in [-0.1, -0.05) is 68.4 Å². The molecule has 0 aliphatic heterocycles. The number of carbonyl (C=O) groups excluding carboxylic acids is 1. The first kappa shape index (κ1) is 25.0. The van der Waals surface area contributed by atoms with Gasteiger partial charge >= 0.3 is 0 Å². The number of hydrogen-bond donors (Lipinski definition) is 1. The molecule has 0 fully saturated rings. The zero-order valence-corrected chi connectivity index (χ0v) is 21.4. The summed E-state index contributed by atoms with van der Waals surface area (Å²) in [5.74, 6) is -0.319. The normalized spacial score (nSPS) is 14.1. The summed E-state index contributed by atoms with van der Waals surface area (Å²) in [4.78, 5) is 13.5. The summed E-state index contributed by atoms with van der Waals surface area (Å²) in [7, 11) is -3.93. The quantitative estimate of drug-likeness (QED) is 0.425. The van der Waals surface area contributed by atoms with Crippen molar-refractivity contribution in [1.82, 2.24) is 5.32 Å². The van der Waals surface area contributed by atoms with Gasteiger partial charge in [-0.15, -0.1) is 0 Å². The van der Waals surface area contributed by atoms with Gasteiger partial charge in [-0.2, -0.15) is 0 Å². The highest BCUT2D eigenvalue weighted by Gasteiger charge is 2.29. The summed E-state index contributed by atoms with van der Waals surface area (Å²) >= 11 is 0. The van der Waals surface area contributed by atoms with Gasteiger partial charge in [0.1, 0.15) is 6.54 Å². The molecule has 0 aromatic heterocycles. The smallest absolute Gasteiger partial charge is 0.264 e. The van der Waals surface area contributed by atoms with E-state index in [0.717, 1.165) is 30.4 Å². The van der Waals surface area contributed by atoms with Gasteiger partial charge in [0.15, 0.2) is 0 Å². The SMILES string of the molecule is CCc1ccccc1N(CC(=O)NC(CC)c1ccc2c(c1)CCCC2)S(=O)(=O)c1ccccc1. The number of hydrogen-bond acceptors (Lipinski definition) is 3. The molecule has 3 aromatic carbocycles. The molecule has 0 bridgehead atoms. The van der Waals surface area contributed by atoms with E-state index >= 15 is 0 Å². The van der Waals surface area contributed by atoms with E-state index < -0.39 is 10.0 Å². The first-order chi connectivity index (χ1) is 16.9. The van der Waals surface area contributed by atoms with Crippen molar-refractivity contribution in [3.05, 3.63) is 95.1 Å². The maximum atomic E-state index is 13.7. The Morgan fingerprint density at radius 1 is 0.914 bits per heavy atom. The predicted octanol–water partition coefficient (Wildman–Crippen LogP) is 5.59. The topological polar surface area (TPSA) is 66.5 Å². The molecule has 1 aliphatic carbocycles. The molecule has 0 radical (unpaired) electrons. The number of anilines is 1. The average Bonchev–Trinajstić information content (AvgIpc) is 2.90. The lowest BCUT2D eigenvalue weighted by Crippen LogP contribution is -2.42. The van der Waals surface area contributed by atoms with Crippen LogP contribution in [0.5, 0.6) is 0 Å². The number of rotatable bonds is 9. The second-order valence-electron chi connectivity index (χ2n) is 9.07. The van der Waals surface area contributed by atoms with Crippen molar-refractivity contribution in [3.63, 3.8) is 0 Å². The lowest BCUT2D eigenvalue weighted by molar-refractivity contribution is -0.120. The highest BCUT2D eigenvalue weighted by Crippen LogP contribution is 2.29. The van der Waals surface area contributed by atoms with Crippen molar-refractivity contribution in [1.29, 1.82) is 0 Å². The molecule has 4 rings (SSSR count). The van der Waals surface area contributed by atoms with E-state index in [1.165, 1.54) is 28.3 Å². The summed E-state index contributed by atoms with van der Waals surface area (Å²) in [5, 5.41) is 3.11. The molecule has 1 N–H and O–H groups in total. The Morgan fingerprint density at radius 3 is 2.31 bits per heavy atom. The molecule has 5 nitrogen and oxygen atoms in total. The standard InChI is InChI=1S/C29H34N2O3S/c1-3-22-12-10-11-17-28(22)31(35(33,34)26-15-6-5-7-16-26)21-29(32)30-27(4-2)25-19-18-23-13-8-9-14-24(23)20-25/h5-7,10-12,15-20,27H,3-4,8-9,13-14,21H2,1-2H3,(H,30,32). The Kier molecular flexibility index (Phi) is 7.91. The summed E-state index contributed by atoms with van der Waals surface area (Å²) in [6, 6.07) is 22.0. The van der Waals surface area contributed by atoms with E-state index in [1.807, 2.05) is 32.0 Å². The van der Waals surface area contributed by atoms with Crippen LogP contribution >= 0.6 is 0 Å². The number of benzene rings is 3. The first-order valence-corrected chi connectivity index (χ1v) is 13.9. The van der Waals surface area contributed by atoms with E-state index in [0.29, 0.717) is 12.1 Å². The van der Waals surface area contributed by atoms with Crippen LogP contribution in [-0.2, 0) is 34.1 Å². The Morgan fingerprint density at radius 2 is 1.60 bits per heavy atom. The summed E-state index contributed by atoms with van der Waals surface area (Å²) < 4.78 is 28.6. The van der Waals surface area contributed by atoms with Crippen molar-refractivity contribution in [2.75, 3.05) is 10.8 Å². The minimum absolute atomic E-state index is 0.167. The monoisotopic (exact) mass is 490 g/mol. The fraction of sp³-hybridized carbons (Fsp3) is 0.345. The van der Waals surface area contributed by atoms with E-state index in [1.54, 1.807) is 36.4 Å². The van der Waals surface area contributed by atoms with Gasteiger partial charge in [0, 0.05) is 0 Å². The summed E-state index contributed by atoms with van der Waals surface area (Å²) in [6.07, 6.45) is 5.99. The van der Waals surface area contributed by atoms with Crippen LogP contribution in [0.2, 0.25) is 0 Å². The van der Waals surface area contributed by atoms with Crippen LogP contribution in [0.1, 0.15) is 61.4 Å². The Hall–Kier alpha value is -3.12. The molecule has 0 heterocycles. The number of aryl methyl sites for hydroxylation is 3. The molecule has 0 saturated carbocycles. The fourth-order valence-electron chi connectivity index (χ4n) is 4.83. The maximum Gasteiger partial charge on any atom is 0.264 e. The molecular weight excluding hydrogens is 456 g/mol. The van der Waals surface area contributed by atoms with Crippen LogP contribution in [0.4, 0.5) is 5.69 Å². The lowest BCUT2D eigenvalue weighted by atomic mass is 9.89. The molecule has 6 heteroatoms. The van der Waals surface area contributed by atoms with Crippen molar-refractivity contribution in [3.8, 4) is 0 Å². The molecule has 184 valence electrons. The van der Waals surface area contributed by atoms with E-state index in [2.05, 4.69) is 23.5 Å². The van der Waals surface area contributed by atoms with Gasteiger partial charge in [-0.05, 0) is 79.0 Å². The van der Waals surface area contributed by atoms with Crippen molar-refractivity contribution in [2.45, 2.75) is 63.3 Å². The third kappa shape index (κ3) is 5.59. The Labute approximate surface area is 209 Å². The average molecular weight is 491 g/mol. The first-order valence-electron chi connectivity index (χ1n) is 12.5. The Bertz CT molecular complexity index is 1270. The number of nitrogens with one attached hydrogen (secondary N) is 1. The minimum Gasteiger partial charge on any atom is -0.348 e. The highest BCUT2D eigenvalue weighted by molar-refractivity contribution is 7.92. The van der Waals surface area contributed by atoms with Crippen LogP contribution in [-0.4, -0.2) is 20.9 Å². The van der Waals surface area contributed by atoms with Crippen LogP contribution in [0.3, 0.4) is 0 Å². The summed E-state index contributed by atoms with van der Waals surface area (Å²) in [6.45, 7) is 3.74. The number of carbonyl (C=O) groups is 1. The zero-order chi connectivity index (χ0) is 24.8. The van der Waals surface area contributed by atoms with Gasteiger partial charge in [0.2, 0.25) is 5.91 Å². The second kappa shape index (κ2) is 11.1. The lowest BCUT2D eigenvalue weighted by Gasteiger charge is -2.27. The second-order valence-corrected chi connectivity index (χ2v) is 10.9. The van der Waals surface area contributed by atoms with Crippen molar-refractivity contribution >= 4 is 21.6 Å². The van der Waals surface area contributed by atoms with Gasteiger partial charge in [0.05, 0.1) is 16.6 Å². The molecule has 35 heavy (non-hydrogen) atoms. The van der Waals surface area contributed by atoms with Crippen LogP contribution in [0, 0.1) is 0 Å². The van der Waals surface area contributed by atoms with Crippen molar-refractivity contribution < 1.29 is 13.2 Å². The molecule has 1 atom stereocenters. The molecule has 0 spiro atoms.